The van der Waals surface area contributed by atoms with Crippen LogP contribution in [0, 0.1) is 6.92 Å². The van der Waals surface area contributed by atoms with Crippen LogP contribution in [0.3, 0.4) is 0 Å². The SMILES string of the molecule is Cc1nc(NCCNS(=O)(=O)c2cccs2)cc(-n2cccn2)n1. The van der Waals surface area contributed by atoms with Gasteiger partial charge in [-0.25, -0.2) is 27.8 Å². The van der Waals surface area contributed by atoms with E-state index < -0.39 is 10.0 Å². The van der Waals surface area contributed by atoms with Crippen LogP contribution < -0.4 is 10.0 Å². The molecule has 0 aliphatic rings. The lowest BCUT2D eigenvalue weighted by Crippen LogP contribution is -2.28. The molecule has 2 N–H and O–H groups in total. The zero-order valence-corrected chi connectivity index (χ0v) is 14.5. The van der Waals surface area contributed by atoms with Gasteiger partial charge in [-0.05, 0) is 24.4 Å². The molecule has 0 spiro atoms. The molecule has 0 saturated heterocycles. The van der Waals surface area contributed by atoms with Crippen molar-refractivity contribution in [1.82, 2.24) is 24.5 Å². The molecular weight excluding hydrogens is 348 g/mol. The van der Waals surface area contributed by atoms with Crippen LogP contribution in [0.25, 0.3) is 5.82 Å². The van der Waals surface area contributed by atoms with Crippen molar-refractivity contribution in [3.63, 3.8) is 0 Å². The molecule has 0 bridgehead atoms. The average molecular weight is 364 g/mol. The summed E-state index contributed by atoms with van der Waals surface area (Å²) in [6.45, 7) is 2.44. The minimum absolute atomic E-state index is 0.250. The molecular formula is C14H16N6O2S2. The maximum absolute atomic E-state index is 12.0. The number of thiophene rings is 1. The second kappa shape index (κ2) is 7.07. The van der Waals surface area contributed by atoms with Crippen LogP contribution in [-0.4, -0.2) is 41.3 Å². The number of rotatable bonds is 7. The zero-order valence-electron chi connectivity index (χ0n) is 12.9. The van der Waals surface area contributed by atoms with Gasteiger partial charge in [-0.2, -0.15) is 5.10 Å². The largest absolute Gasteiger partial charge is 0.369 e. The molecule has 3 heterocycles. The zero-order chi connectivity index (χ0) is 17.0. The molecule has 8 nitrogen and oxygen atoms in total. The quantitative estimate of drug-likeness (QED) is 0.615. The van der Waals surface area contributed by atoms with E-state index in [0.29, 0.717) is 28.2 Å². The first-order valence-electron chi connectivity index (χ1n) is 7.17. The van der Waals surface area contributed by atoms with Gasteiger partial charge in [0.05, 0.1) is 0 Å². The Hall–Kier alpha value is -2.30. The van der Waals surface area contributed by atoms with E-state index in [1.54, 1.807) is 47.6 Å². The minimum atomic E-state index is -3.44. The van der Waals surface area contributed by atoms with Gasteiger partial charge in [0, 0.05) is 31.5 Å². The summed E-state index contributed by atoms with van der Waals surface area (Å²) in [5, 5.41) is 8.95. The van der Waals surface area contributed by atoms with E-state index in [2.05, 4.69) is 25.1 Å². The number of anilines is 1. The molecule has 10 heteroatoms. The fourth-order valence-corrected chi connectivity index (χ4v) is 4.10. The Morgan fingerprint density at radius 1 is 1.25 bits per heavy atom. The molecule has 0 aliphatic heterocycles. The van der Waals surface area contributed by atoms with E-state index in [-0.39, 0.29) is 6.54 Å². The lowest BCUT2D eigenvalue weighted by atomic mass is 10.4. The third-order valence-electron chi connectivity index (χ3n) is 3.05. The highest BCUT2D eigenvalue weighted by Crippen LogP contribution is 2.15. The van der Waals surface area contributed by atoms with Crippen LogP contribution in [0.4, 0.5) is 5.82 Å². The summed E-state index contributed by atoms with van der Waals surface area (Å²) in [4.78, 5) is 8.61. The molecule has 0 aliphatic carbocycles. The van der Waals surface area contributed by atoms with Gasteiger partial charge in [-0.3, -0.25) is 0 Å². The number of hydrogen-bond acceptors (Lipinski definition) is 7. The monoisotopic (exact) mass is 364 g/mol. The Kier molecular flexibility index (Phi) is 4.88. The van der Waals surface area contributed by atoms with E-state index in [1.165, 1.54) is 11.3 Å². The summed E-state index contributed by atoms with van der Waals surface area (Å²) >= 11 is 1.19. The van der Waals surface area contributed by atoms with Crippen LogP contribution in [0.15, 0.2) is 46.2 Å². The molecule has 0 unspecified atom stereocenters. The number of nitrogens with zero attached hydrogens (tertiary/aromatic N) is 4. The molecule has 3 rings (SSSR count). The Morgan fingerprint density at radius 3 is 2.83 bits per heavy atom. The van der Waals surface area contributed by atoms with Gasteiger partial charge < -0.3 is 5.32 Å². The van der Waals surface area contributed by atoms with Gasteiger partial charge in [-0.15, -0.1) is 11.3 Å². The summed E-state index contributed by atoms with van der Waals surface area (Å²) in [6, 6.07) is 6.85. The van der Waals surface area contributed by atoms with Gasteiger partial charge in [0.2, 0.25) is 10.0 Å². The third-order valence-corrected chi connectivity index (χ3v) is 5.91. The van der Waals surface area contributed by atoms with Gasteiger partial charge in [0.25, 0.3) is 0 Å². The van der Waals surface area contributed by atoms with Crippen molar-refractivity contribution in [2.45, 2.75) is 11.1 Å². The van der Waals surface area contributed by atoms with Crippen LogP contribution in [0.5, 0.6) is 0 Å². The third kappa shape index (κ3) is 3.96. The molecule has 0 saturated carbocycles. The molecule has 0 amide bonds. The number of nitrogens with one attached hydrogen (secondary N) is 2. The first-order chi connectivity index (χ1) is 11.5. The highest BCUT2D eigenvalue weighted by molar-refractivity contribution is 7.91. The lowest BCUT2D eigenvalue weighted by Gasteiger charge is -2.09. The van der Waals surface area contributed by atoms with Crippen LogP contribution in [0.1, 0.15) is 5.82 Å². The van der Waals surface area contributed by atoms with E-state index in [0.717, 1.165) is 0 Å². The highest BCUT2D eigenvalue weighted by atomic mass is 32.2. The van der Waals surface area contributed by atoms with E-state index in [9.17, 15) is 8.42 Å². The summed E-state index contributed by atoms with van der Waals surface area (Å²) in [5.41, 5.74) is 0. The van der Waals surface area contributed by atoms with Gasteiger partial charge in [0.1, 0.15) is 15.9 Å². The predicted octanol–water partition coefficient (Wildman–Crippen LogP) is 1.42. The molecule has 3 aromatic rings. The van der Waals surface area contributed by atoms with E-state index in [4.69, 9.17) is 0 Å². The van der Waals surface area contributed by atoms with Crippen molar-refractivity contribution in [3.05, 3.63) is 47.9 Å². The van der Waals surface area contributed by atoms with Crippen molar-refractivity contribution in [2.75, 3.05) is 18.4 Å². The van der Waals surface area contributed by atoms with E-state index >= 15 is 0 Å². The van der Waals surface area contributed by atoms with Gasteiger partial charge in [-0.1, -0.05) is 6.07 Å². The summed E-state index contributed by atoms with van der Waals surface area (Å²) in [7, 11) is -3.44. The van der Waals surface area contributed by atoms with Crippen molar-refractivity contribution < 1.29 is 8.42 Å². The smallest absolute Gasteiger partial charge is 0.250 e. The minimum Gasteiger partial charge on any atom is -0.369 e. The first kappa shape index (κ1) is 16.6. The fourth-order valence-electron chi connectivity index (χ4n) is 2.03. The number of hydrogen-bond donors (Lipinski definition) is 2. The summed E-state index contributed by atoms with van der Waals surface area (Å²) in [5.74, 6) is 1.86. The molecule has 0 fully saturated rings. The Morgan fingerprint density at radius 2 is 2.12 bits per heavy atom. The molecule has 0 radical (unpaired) electrons. The molecule has 0 aromatic carbocycles. The fraction of sp³-hybridized carbons (Fsp3) is 0.214. The molecule has 0 atom stereocenters. The van der Waals surface area contributed by atoms with Crippen molar-refractivity contribution >= 4 is 27.2 Å². The Bertz CT molecular complexity index is 892. The average Bonchev–Trinajstić information content (AvgIpc) is 3.23. The second-order valence-corrected chi connectivity index (χ2v) is 7.81. The normalized spacial score (nSPS) is 11.5. The van der Waals surface area contributed by atoms with E-state index in [1.807, 2.05) is 6.07 Å². The molecule has 24 heavy (non-hydrogen) atoms. The summed E-state index contributed by atoms with van der Waals surface area (Å²) < 4.78 is 28.5. The number of sulfonamides is 1. The van der Waals surface area contributed by atoms with Crippen molar-refractivity contribution in [1.29, 1.82) is 0 Å². The van der Waals surface area contributed by atoms with Gasteiger partial charge >= 0.3 is 0 Å². The standard InChI is InChI=1S/C14H16N6O2S2/c1-11-18-12(10-13(19-11)20-8-3-5-16-20)15-6-7-17-24(21,22)14-4-2-9-23-14/h2-5,8-10,17H,6-7H2,1H3,(H,15,18,19). The first-order valence-corrected chi connectivity index (χ1v) is 9.54. The number of aromatic nitrogens is 4. The number of aryl methyl sites for hydroxylation is 1. The molecule has 3 aromatic heterocycles. The van der Waals surface area contributed by atoms with Crippen molar-refractivity contribution in [2.24, 2.45) is 0 Å². The Labute approximate surface area is 143 Å². The van der Waals surface area contributed by atoms with Crippen LogP contribution in [0.2, 0.25) is 0 Å². The molecule has 126 valence electrons. The predicted molar refractivity (Wildman–Crippen MR) is 91.9 cm³/mol. The van der Waals surface area contributed by atoms with Crippen molar-refractivity contribution in [3.8, 4) is 5.82 Å². The maximum atomic E-state index is 12.0. The van der Waals surface area contributed by atoms with Gasteiger partial charge in [0.15, 0.2) is 5.82 Å². The summed E-state index contributed by atoms with van der Waals surface area (Å²) in [6.07, 6.45) is 3.46. The lowest BCUT2D eigenvalue weighted by molar-refractivity contribution is 0.585. The Balaban J connectivity index is 1.59. The maximum Gasteiger partial charge on any atom is 0.250 e. The van der Waals surface area contributed by atoms with Crippen LogP contribution in [-0.2, 0) is 10.0 Å². The van der Waals surface area contributed by atoms with Crippen LogP contribution >= 0.6 is 11.3 Å². The topological polar surface area (TPSA) is 102 Å². The highest BCUT2D eigenvalue weighted by Gasteiger charge is 2.13. The second-order valence-electron chi connectivity index (χ2n) is 4.87.